The lowest BCUT2D eigenvalue weighted by Crippen LogP contribution is -2.03. The quantitative estimate of drug-likeness (QED) is 0.779. The second-order valence-corrected chi connectivity index (χ2v) is 3.67. The Labute approximate surface area is 84.4 Å². The van der Waals surface area contributed by atoms with Gasteiger partial charge in [-0.15, -0.1) is 0 Å². The van der Waals surface area contributed by atoms with Crippen molar-refractivity contribution in [3.8, 4) is 0 Å². The maximum absolute atomic E-state index is 5.68. The molecule has 1 aromatic carbocycles. The SMILES string of the molecule is C=C(Cl)CNc1c(C)cccc1C. The van der Waals surface area contributed by atoms with Crippen LogP contribution in [0, 0.1) is 13.8 Å². The van der Waals surface area contributed by atoms with Crippen LogP contribution in [0.2, 0.25) is 0 Å². The van der Waals surface area contributed by atoms with E-state index in [4.69, 9.17) is 11.6 Å². The lowest BCUT2D eigenvalue weighted by molar-refractivity contribution is 1.25. The monoisotopic (exact) mass is 195 g/mol. The summed E-state index contributed by atoms with van der Waals surface area (Å²) in [6.45, 7) is 8.40. The van der Waals surface area contributed by atoms with Crippen LogP contribution in [-0.4, -0.2) is 6.54 Å². The predicted molar refractivity (Wildman–Crippen MR) is 59.4 cm³/mol. The molecule has 0 saturated heterocycles. The molecule has 0 unspecified atom stereocenters. The number of rotatable bonds is 3. The minimum Gasteiger partial charge on any atom is -0.380 e. The van der Waals surface area contributed by atoms with Gasteiger partial charge in [-0.05, 0) is 25.0 Å². The van der Waals surface area contributed by atoms with Crippen LogP contribution in [0.4, 0.5) is 5.69 Å². The zero-order valence-corrected chi connectivity index (χ0v) is 8.78. The molecule has 0 atom stereocenters. The van der Waals surface area contributed by atoms with Gasteiger partial charge in [0.05, 0.1) is 6.54 Å². The molecule has 2 heteroatoms. The number of para-hydroxylation sites is 1. The van der Waals surface area contributed by atoms with Gasteiger partial charge in [-0.2, -0.15) is 0 Å². The van der Waals surface area contributed by atoms with Crippen molar-refractivity contribution >= 4 is 17.3 Å². The molecule has 1 rings (SSSR count). The molecule has 1 nitrogen and oxygen atoms in total. The van der Waals surface area contributed by atoms with Crippen molar-refractivity contribution in [2.75, 3.05) is 11.9 Å². The highest BCUT2D eigenvalue weighted by molar-refractivity contribution is 6.29. The van der Waals surface area contributed by atoms with Gasteiger partial charge in [-0.1, -0.05) is 36.4 Å². The molecule has 1 N–H and O–H groups in total. The second kappa shape index (κ2) is 4.33. The topological polar surface area (TPSA) is 12.0 Å². The van der Waals surface area contributed by atoms with E-state index in [0.29, 0.717) is 11.6 Å². The Bertz CT molecular complexity index is 298. The molecule has 0 aromatic heterocycles. The fourth-order valence-corrected chi connectivity index (χ4v) is 1.34. The van der Waals surface area contributed by atoms with E-state index in [-0.39, 0.29) is 0 Å². The van der Waals surface area contributed by atoms with Crippen molar-refractivity contribution < 1.29 is 0 Å². The molecule has 0 aliphatic carbocycles. The third-order valence-electron chi connectivity index (χ3n) is 1.94. The molecular weight excluding hydrogens is 182 g/mol. The summed E-state index contributed by atoms with van der Waals surface area (Å²) in [5.74, 6) is 0. The minimum atomic E-state index is 0.618. The molecule has 0 fully saturated rings. The zero-order valence-electron chi connectivity index (χ0n) is 8.02. The van der Waals surface area contributed by atoms with E-state index in [2.05, 4.69) is 37.9 Å². The lowest BCUT2D eigenvalue weighted by Gasteiger charge is -2.11. The van der Waals surface area contributed by atoms with Gasteiger partial charge in [0.25, 0.3) is 0 Å². The maximum atomic E-state index is 5.68. The summed E-state index contributed by atoms with van der Waals surface area (Å²) in [6.07, 6.45) is 0. The molecular formula is C11H14ClN. The Morgan fingerprint density at radius 3 is 2.38 bits per heavy atom. The highest BCUT2D eigenvalue weighted by atomic mass is 35.5. The Balaban J connectivity index is 2.81. The highest BCUT2D eigenvalue weighted by Crippen LogP contribution is 2.19. The predicted octanol–water partition coefficient (Wildman–Crippen LogP) is 3.47. The van der Waals surface area contributed by atoms with Crippen molar-refractivity contribution in [1.82, 2.24) is 0 Å². The largest absolute Gasteiger partial charge is 0.380 e. The van der Waals surface area contributed by atoms with Gasteiger partial charge in [-0.3, -0.25) is 0 Å². The average molecular weight is 196 g/mol. The van der Waals surface area contributed by atoms with Crippen LogP contribution in [0.15, 0.2) is 29.8 Å². The van der Waals surface area contributed by atoms with E-state index < -0.39 is 0 Å². The average Bonchev–Trinajstić information content (AvgIpc) is 2.03. The standard InChI is InChI=1S/C11H14ClN/c1-8-5-4-6-9(2)11(8)13-7-10(3)12/h4-6,13H,3,7H2,1-2H3. The van der Waals surface area contributed by atoms with E-state index in [9.17, 15) is 0 Å². The summed E-state index contributed by atoms with van der Waals surface area (Å²) in [5.41, 5.74) is 3.63. The third-order valence-corrected chi connectivity index (χ3v) is 2.07. The zero-order chi connectivity index (χ0) is 9.84. The van der Waals surface area contributed by atoms with Crippen molar-refractivity contribution in [3.05, 3.63) is 40.9 Å². The summed E-state index contributed by atoms with van der Waals surface area (Å²) in [7, 11) is 0. The van der Waals surface area contributed by atoms with Crippen LogP contribution in [0.3, 0.4) is 0 Å². The molecule has 0 saturated carbocycles. The third kappa shape index (κ3) is 2.78. The van der Waals surface area contributed by atoms with Gasteiger partial charge in [0.15, 0.2) is 0 Å². The number of halogens is 1. The summed E-state index contributed by atoms with van der Waals surface area (Å²) >= 11 is 5.68. The van der Waals surface area contributed by atoms with Crippen molar-refractivity contribution in [3.63, 3.8) is 0 Å². The van der Waals surface area contributed by atoms with Gasteiger partial charge >= 0.3 is 0 Å². The Morgan fingerprint density at radius 1 is 1.38 bits per heavy atom. The van der Waals surface area contributed by atoms with Gasteiger partial charge < -0.3 is 5.32 Å². The first-order valence-electron chi connectivity index (χ1n) is 4.24. The molecule has 0 bridgehead atoms. The first kappa shape index (κ1) is 10.1. The molecule has 70 valence electrons. The lowest BCUT2D eigenvalue weighted by atomic mass is 10.1. The molecule has 0 amide bonds. The number of hydrogen-bond acceptors (Lipinski definition) is 1. The van der Waals surface area contributed by atoms with E-state index in [1.165, 1.54) is 11.1 Å². The van der Waals surface area contributed by atoms with Gasteiger partial charge in [0.2, 0.25) is 0 Å². The summed E-state index contributed by atoms with van der Waals surface area (Å²) < 4.78 is 0. The van der Waals surface area contributed by atoms with E-state index in [0.717, 1.165) is 5.69 Å². The van der Waals surface area contributed by atoms with Gasteiger partial charge in [-0.25, -0.2) is 0 Å². The Hall–Kier alpha value is -0.950. The fourth-order valence-electron chi connectivity index (χ4n) is 1.28. The van der Waals surface area contributed by atoms with Crippen LogP contribution in [0.1, 0.15) is 11.1 Å². The molecule has 0 radical (unpaired) electrons. The summed E-state index contributed by atoms with van der Waals surface area (Å²) in [4.78, 5) is 0. The first-order chi connectivity index (χ1) is 6.11. The fraction of sp³-hybridized carbons (Fsp3) is 0.273. The van der Waals surface area contributed by atoms with Crippen LogP contribution in [-0.2, 0) is 0 Å². The number of hydrogen-bond donors (Lipinski definition) is 1. The van der Waals surface area contributed by atoms with Crippen molar-refractivity contribution in [2.24, 2.45) is 0 Å². The number of aryl methyl sites for hydroxylation is 2. The molecule has 1 aromatic rings. The van der Waals surface area contributed by atoms with E-state index in [1.807, 2.05) is 6.07 Å². The molecule has 0 spiro atoms. The van der Waals surface area contributed by atoms with Crippen LogP contribution >= 0.6 is 11.6 Å². The molecule has 0 aliphatic rings. The smallest absolute Gasteiger partial charge is 0.0502 e. The van der Waals surface area contributed by atoms with Crippen molar-refractivity contribution in [2.45, 2.75) is 13.8 Å². The maximum Gasteiger partial charge on any atom is 0.0502 e. The summed E-state index contributed by atoms with van der Waals surface area (Å²) in [6, 6.07) is 6.20. The first-order valence-corrected chi connectivity index (χ1v) is 4.62. The molecule has 0 heterocycles. The Kier molecular flexibility index (Phi) is 3.38. The van der Waals surface area contributed by atoms with Gasteiger partial charge in [0.1, 0.15) is 0 Å². The van der Waals surface area contributed by atoms with Crippen LogP contribution in [0.5, 0.6) is 0 Å². The highest BCUT2D eigenvalue weighted by Gasteiger charge is 2.00. The number of nitrogens with one attached hydrogen (secondary N) is 1. The van der Waals surface area contributed by atoms with E-state index in [1.54, 1.807) is 0 Å². The number of anilines is 1. The van der Waals surface area contributed by atoms with Gasteiger partial charge in [0, 0.05) is 10.7 Å². The molecule has 0 aliphatic heterocycles. The summed E-state index contributed by atoms with van der Waals surface area (Å²) in [5, 5.41) is 3.88. The van der Waals surface area contributed by atoms with Crippen molar-refractivity contribution in [1.29, 1.82) is 0 Å². The van der Waals surface area contributed by atoms with Crippen LogP contribution < -0.4 is 5.32 Å². The number of benzene rings is 1. The van der Waals surface area contributed by atoms with Crippen LogP contribution in [0.25, 0.3) is 0 Å². The Morgan fingerprint density at radius 2 is 1.92 bits per heavy atom. The second-order valence-electron chi connectivity index (χ2n) is 3.14. The molecule has 13 heavy (non-hydrogen) atoms. The normalized spacial score (nSPS) is 9.77. The minimum absolute atomic E-state index is 0.618. The van der Waals surface area contributed by atoms with E-state index >= 15 is 0 Å².